The largest absolute Gasteiger partial charge is 0.0763 e. The molecule has 0 aromatic heterocycles. The molecule has 0 heterocycles. The van der Waals surface area contributed by atoms with Gasteiger partial charge >= 0.3 is 0 Å². The van der Waals surface area contributed by atoms with Crippen LogP contribution in [0, 0.1) is 5.41 Å². The lowest BCUT2D eigenvalue weighted by molar-refractivity contribution is 0.340. The highest BCUT2D eigenvalue weighted by atomic mass is 33.5. The van der Waals surface area contributed by atoms with E-state index in [1.165, 1.54) is 57.8 Å². The Morgan fingerprint density at radius 2 is 1.09 bits per heavy atom. The molecule has 0 N–H and O–H groups in total. The van der Waals surface area contributed by atoms with Gasteiger partial charge in [-0.15, -0.1) is 0 Å². The van der Waals surface area contributed by atoms with E-state index in [2.05, 4.69) is 77.0 Å². The van der Waals surface area contributed by atoms with Gasteiger partial charge in [-0.3, -0.25) is 0 Å². The van der Waals surface area contributed by atoms with E-state index in [4.69, 9.17) is 0 Å². The number of hydrogen-bond acceptors (Lipinski definition) is 3. The normalized spacial score (nSPS) is 13.6. The van der Waals surface area contributed by atoms with Crippen LogP contribution in [0.25, 0.3) is 0 Å². The third-order valence-electron chi connectivity index (χ3n) is 3.86. The van der Waals surface area contributed by atoms with Crippen molar-refractivity contribution in [2.75, 3.05) is 0 Å². The van der Waals surface area contributed by atoms with Crippen LogP contribution in [0.5, 0.6) is 0 Å². The highest BCUT2D eigenvalue weighted by molar-refractivity contribution is 9.09. The number of rotatable bonds is 13. The second-order valence-corrected chi connectivity index (χ2v) is 14.7. The van der Waals surface area contributed by atoms with E-state index in [-0.39, 0.29) is 0 Å². The maximum absolute atomic E-state index is 2.42. The van der Waals surface area contributed by atoms with Gasteiger partial charge in [0.25, 0.3) is 0 Å². The van der Waals surface area contributed by atoms with Crippen molar-refractivity contribution in [1.29, 1.82) is 0 Å². The minimum Gasteiger partial charge on any atom is -0.0763 e. The first-order valence-corrected chi connectivity index (χ1v) is 13.0. The van der Waals surface area contributed by atoms with Crippen molar-refractivity contribution in [2.24, 2.45) is 5.41 Å². The van der Waals surface area contributed by atoms with Crippen LogP contribution in [0.15, 0.2) is 0 Å². The van der Waals surface area contributed by atoms with E-state index in [0.717, 1.165) is 0 Å². The summed E-state index contributed by atoms with van der Waals surface area (Å²) in [4.78, 5) is 0. The molecule has 23 heavy (non-hydrogen) atoms. The Balaban J connectivity index is 3.83. The summed E-state index contributed by atoms with van der Waals surface area (Å²) in [5.41, 5.74) is 0.412. The lowest BCUT2D eigenvalue weighted by atomic mass is 9.86. The molecule has 0 aliphatic rings. The van der Waals surface area contributed by atoms with Crippen molar-refractivity contribution < 1.29 is 0 Å². The van der Waals surface area contributed by atoms with Crippen molar-refractivity contribution in [3.63, 3.8) is 0 Å². The Morgan fingerprint density at radius 3 is 1.61 bits per heavy atom. The molecule has 0 saturated heterocycles. The minimum atomic E-state index is 0.352. The van der Waals surface area contributed by atoms with Gasteiger partial charge in [0, 0.05) is 9.49 Å². The lowest BCUT2D eigenvalue weighted by Crippen LogP contribution is -2.22. The molecular weight excluding hydrogens is 336 g/mol. The van der Waals surface area contributed by atoms with Crippen LogP contribution in [0.3, 0.4) is 0 Å². The molecule has 0 aromatic rings. The highest BCUT2D eigenvalue weighted by Crippen LogP contribution is 2.52. The summed E-state index contributed by atoms with van der Waals surface area (Å²) in [5.74, 6) is 0. The molecule has 0 aromatic carbocycles. The van der Waals surface area contributed by atoms with Gasteiger partial charge in [-0.1, -0.05) is 94.2 Å². The van der Waals surface area contributed by atoms with Crippen LogP contribution in [0.1, 0.15) is 113 Å². The Labute approximate surface area is 159 Å². The minimum absolute atomic E-state index is 0.352. The summed E-state index contributed by atoms with van der Waals surface area (Å²) in [6.07, 6.45) is 12.5. The topological polar surface area (TPSA) is 0 Å². The quantitative estimate of drug-likeness (QED) is 0.231. The Kier molecular flexibility index (Phi) is 12.2. The zero-order valence-electron chi connectivity index (χ0n) is 17.1. The molecule has 0 nitrogen and oxygen atoms in total. The van der Waals surface area contributed by atoms with Crippen LogP contribution in [0.2, 0.25) is 0 Å². The van der Waals surface area contributed by atoms with Crippen LogP contribution in [-0.2, 0) is 0 Å². The fourth-order valence-corrected chi connectivity index (χ4v) is 9.44. The van der Waals surface area contributed by atoms with Crippen molar-refractivity contribution >= 4 is 31.4 Å². The predicted octanol–water partition coefficient (Wildman–Crippen LogP) is 9.15. The number of hydrogen-bond donors (Lipinski definition) is 0. The van der Waals surface area contributed by atoms with Crippen LogP contribution < -0.4 is 0 Å². The van der Waals surface area contributed by atoms with Gasteiger partial charge in [0.2, 0.25) is 0 Å². The van der Waals surface area contributed by atoms with Crippen LogP contribution in [0.4, 0.5) is 0 Å². The molecule has 0 atom stereocenters. The molecule has 0 bridgehead atoms. The van der Waals surface area contributed by atoms with Crippen molar-refractivity contribution in [1.82, 2.24) is 0 Å². The summed E-state index contributed by atoms with van der Waals surface area (Å²) < 4.78 is 0.754. The lowest BCUT2D eigenvalue weighted by Gasteiger charge is -2.32. The van der Waals surface area contributed by atoms with Crippen molar-refractivity contribution in [3.8, 4) is 0 Å². The zero-order chi connectivity index (χ0) is 18.0. The number of unbranched alkanes of at least 4 members (excludes halogenated alkanes) is 6. The smallest absolute Gasteiger partial charge is 0.0220 e. The molecule has 0 unspecified atom stereocenters. The molecular formula is C20H42S3. The maximum atomic E-state index is 2.42. The molecule has 0 aliphatic carbocycles. The third-order valence-corrected chi connectivity index (χ3v) is 9.58. The average Bonchev–Trinajstić information content (AvgIpc) is 2.34. The van der Waals surface area contributed by atoms with E-state index in [1.54, 1.807) is 0 Å². The standard InChI is InChI=1S/C20H42S3/c1-9-10-11-12-13-14-15-16-19(5,6)21-23-22-20(7,8)17-18(2,3)4/h9-17H2,1-8H3. The van der Waals surface area contributed by atoms with Gasteiger partial charge in [0.15, 0.2) is 0 Å². The van der Waals surface area contributed by atoms with E-state index in [9.17, 15) is 0 Å². The van der Waals surface area contributed by atoms with E-state index >= 15 is 0 Å². The van der Waals surface area contributed by atoms with E-state index < -0.39 is 0 Å². The zero-order valence-corrected chi connectivity index (χ0v) is 19.5. The van der Waals surface area contributed by atoms with Gasteiger partial charge in [0.05, 0.1) is 0 Å². The van der Waals surface area contributed by atoms with Gasteiger partial charge in [-0.2, -0.15) is 0 Å². The second-order valence-electron chi connectivity index (χ2n) is 9.36. The summed E-state index contributed by atoms with van der Waals surface area (Å²) in [7, 11) is 6.16. The van der Waals surface area contributed by atoms with Crippen LogP contribution in [-0.4, -0.2) is 9.49 Å². The Bertz CT molecular complexity index is 290. The first-order chi connectivity index (χ1) is 10.5. The van der Waals surface area contributed by atoms with Gasteiger partial charge in [-0.05, 0) is 55.8 Å². The van der Waals surface area contributed by atoms with Gasteiger partial charge in [0.1, 0.15) is 0 Å². The SMILES string of the molecule is CCCCCCCCCC(C)(C)SSSC(C)(C)CC(C)(C)C. The first-order valence-electron chi connectivity index (χ1n) is 9.51. The van der Waals surface area contributed by atoms with Crippen LogP contribution >= 0.6 is 31.4 Å². The first kappa shape index (κ1) is 24.1. The fraction of sp³-hybridized carbons (Fsp3) is 1.00. The third kappa shape index (κ3) is 16.3. The van der Waals surface area contributed by atoms with Gasteiger partial charge < -0.3 is 0 Å². The van der Waals surface area contributed by atoms with E-state index in [1.807, 2.05) is 9.83 Å². The summed E-state index contributed by atoms with van der Waals surface area (Å²) in [6, 6.07) is 0. The predicted molar refractivity (Wildman–Crippen MR) is 118 cm³/mol. The highest BCUT2D eigenvalue weighted by Gasteiger charge is 2.28. The average molecular weight is 379 g/mol. The molecule has 0 saturated carbocycles. The Morgan fingerprint density at radius 1 is 0.609 bits per heavy atom. The Hall–Kier alpha value is 1.05. The molecule has 0 spiro atoms. The molecule has 3 heteroatoms. The second kappa shape index (κ2) is 11.6. The fourth-order valence-electron chi connectivity index (χ4n) is 3.06. The van der Waals surface area contributed by atoms with E-state index in [0.29, 0.717) is 14.9 Å². The van der Waals surface area contributed by atoms with Crippen molar-refractivity contribution in [3.05, 3.63) is 0 Å². The van der Waals surface area contributed by atoms with Crippen molar-refractivity contribution in [2.45, 2.75) is 123 Å². The molecule has 0 rings (SSSR count). The molecule has 0 radical (unpaired) electrons. The molecule has 0 fully saturated rings. The summed E-state index contributed by atoms with van der Waals surface area (Å²) in [5, 5.41) is 0. The molecule has 0 aliphatic heterocycles. The monoisotopic (exact) mass is 378 g/mol. The van der Waals surface area contributed by atoms with Gasteiger partial charge in [-0.25, -0.2) is 0 Å². The maximum Gasteiger partial charge on any atom is 0.0220 e. The summed E-state index contributed by atoms with van der Waals surface area (Å²) >= 11 is 0. The summed E-state index contributed by atoms with van der Waals surface area (Å²) in [6.45, 7) is 18.9. The molecule has 0 amide bonds. The molecule has 140 valence electrons.